The predicted molar refractivity (Wildman–Crippen MR) is 86.9 cm³/mol. The van der Waals surface area contributed by atoms with Crippen molar-refractivity contribution in [2.45, 2.75) is 39.2 Å². The van der Waals surface area contributed by atoms with Gasteiger partial charge in [-0.3, -0.25) is 0 Å². The molecule has 0 saturated carbocycles. The van der Waals surface area contributed by atoms with Gasteiger partial charge in [0.1, 0.15) is 16.8 Å². The number of benzene rings is 1. The van der Waals surface area contributed by atoms with Gasteiger partial charge in [0.05, 0.1) is 0 Å². The lowest BCUT2D eigenvalue weighted by atomic mass is 10.0. The van der Waals surface area contributed by atoms with Crippen molar-refractivity contribution in [3.8, 4) is 0 Å². The van der Waals surface area contributed by atoms with Crippen LogP contribution in [0.4, 0.5) is 5.82 Å². The van der Waals surface area contributed by atoms with Crippen LogP contribution in [0.2, 0.25) is 5.15 Å². The van der Waals surface area contributed by atoms with Gasteiger partial charge in [-0.1, -0.05) is 49.7 Å². The normalized spacial score (nSPS) is 15.0. The smallest absolute Gasteiger partial charge is 0.135 e. The zero-order chi connectivity index (χ0) is 14.8. The van der Waals surface area contributed by atoms with Crippen molar-refractivity contribution in [2.75, 3.05) is 11.4 Å². The molecule has 0 radical (unpaired) electrons. The fraction of sp³-hybridized carbons (Fsp3) is 0.412. The van der Waals surface area contributed by atoms with Crippen LogP contribution >= 0.6 is 11.6 Å². The number of fused-ring (bicyclic) bond motifs is 1. The monoisotopic (exact) mass is 301 g/mol. The molecule has 0 N–H and O–H groups in total. The fourth-order valence-corrected chi connectivity index (χ4v) is 2.92. The molecule has 1 aromatic heterocycles. The Morgan fingerprint density at radius 1 is 1.14 bits per heavy atom. The fourth-order valence-electron chi connectivity index (χ4n) is 2.74. The molecule has 110 valence electrons. The Bertz CT molecular complexity index is 640. The van der Waals surface area contributed by atoms with Gasteiger partial charge in [0, 0.05) is 25.1 Å². The van der Waals surface area contributed by atoms with Crippen LogP contribution in [-0.4, -0.2) is 16.5 Å². The molecule has 2 aromatic rings. The van der Waals surface area contributed by atoms with E-state index >= 15 is 0 Å². The third kappa shape index (κ3) is 3.18. The minimum atomic E-state index is 0.279. The van der Waals surface area contributed by atoms with Crippen molar-refractivity contribution >= 4 is 17.4 Å². The van der Waals surface area contributed by atoms with Gasteiger partial charge in [0.2, 0.25) is 0 Å². The topological polar surface area (TPSA) is 29.0 Å². The van der Waals surface area contributed by atoms with Crippen molar-refractivity contribution in [3.63, 3.8) is 0 Å². The summed E-state index contributed by atoms with van der Waals surface area (Å²) in [6.45, 7) is 6.07. The number of hydrogen-bond acceptors (Lipinski definition) is 3. The van der Waals surface area contributed by atoms with Gasteiger partial charge < -0.3 is 4.90 Å². The second kappa shape index (κ2) is 6.02. The number of aromatic nitrogens is 2. The highest BCUT2D eigenvalue weighted by atomic mass is 35.5. The maximum Gasteiger partial charge on any atom is 0.135 e. The molecule has 21 heavy (non-hydrogen) atoms. The first kappa shape index (κ1) is 14.3. The largest absolute Gasteiger partial charge is 0.352 e. The molecule has 0 fully saturated rings. The van der Waals surface area contributed by atoms with E-state index < -0.39 is 0 Å². The average Bonchev–Trinajstić information content (AvgIpc) is 2.68. The minimum absolute atomic E-state index is 0.279. The quantitative estimate of drug-likeness (QED) is 0.778. The predicted octanol–water partition coefficient (Wildman–Crippen LogP) is 4.21. The molecular formula is C17H20ClN3. The molecule has 1 aliphatic heterocycles. The first-order valence-corrected chi connectivity index (χ1v) is 7.87. The van der Waals surface area contributed by atoms with Crippen LogP contribution in [-0.2, 0) is 13.0 Å². The van der Waals surface area contributed by atoms with Crippen molar-refractivity contribution < 1.29 is 0 Å². The van der Waals surface area contributed by atoms with Crippen molar-refractivity contribution in [1.82, 2.24) is 9.97 Å². The second-order valence-corrected chi connectivity index (χ2v) is 6.24. The number of halogens is 1. The molecule has 0 amide bonds. The zero-order valence-electron chi connectivity index (χ0n) is 12.5. The third-order valence-electron chi connectivity index (χ3n) is 3.89. The molecule has 4 heteroatoms. The molecule has 1 aliphatic rings. The van der Waals surface area contributed by atoms with Gasteiger partial charge in [-0.05, 0) is 24.0 Å². The summed E-state index contributed by atoms with van der Waals surface area (Å²) in [5, 5.41) is 0.529. The van der Waals surface area contributed by atoms with Crippen molar-refractivity contribution in [3.05, 3.63) is 52.4 Å². The summed E-state index contributed by atoms with van der Waals surface area (Å²) in [6.07, 6.45) is 2.26. The second-order valence-electron chi connectivity index (χ2n) is 5.86. The van der Waals surface area contributed by atoms with Gasteiger partial charge in [0.15, 0.2) is 0 Å². The first-order valence-electron chi connectivity index (χ1n) is 7.49. The summed E-state index contributed by atoms with van der Waals surface area (Å²) in [5.41, 5.74) is 2.83. The molecule has 2 heterocycles. The molecule has 3 rings (SSSR count). The molecule has 0 unspecified atom stereocenters. The number of hydrogen-bond donors (Lipinski definition) is 0. The molecule has 0 saturated heterocycles. The van der Waals surface area contributed by atoms with Crippen LogP contribution in [0.5, 0.6) is 0 Å². The summed E-state index contributed by atoms with van der Waals surface area (Å²) in [6, 6.07) is 10.5. The van der Waals surface area contributed by atoms with E-state index in [1.807, 2.05) is 6.07 Å². The highest BCUT2D eigenvalue weighted by molar-refractivity contribution is 6.29. The lowest BCUT2D eigenvalue weighted by molar-refractivity contribution is 0.726. The molecular weight excluding hydrogens is 282 g/mol. The summed E-state index contributed by atoms with van der Waals surface area (Å²) in [5.74, 6) is 2.03. The molecule has 0 bridgehead atoms. The van der Waals surface area contributed by atoms with Gasteiger partial charge in [-0.25, -0.2) is 9.97 Å². The Hall–Kier alpha value is -1.61. The Morgan fingerprint density at radius 2 is 1.90 bits per heavy atom. The van der Waals surface area contributed by atoms with E-state index in [2.05, 4.69) is 48.0 Å². The van der Waals surface area contributed by atoms with Crippen molar-refractivity contribution in [1.29, 1.82) is 0 Å². The van der Waals surface area contributed by atoms with Crippen LogP contribution in [0.15, 0.2) is 30.3 Å². The standard InChI is InChI=1S/C17H20ClN3/c1-12(2)17-19-15(18)10-16(20-17)21-9-5-8-13-6-3-4-7-14(13)11-21/h3-4,6-7,10,12H,5,8-9,11H2,1-2H3. The zero-order valence-corrected chi connectivity index (χ0v) is 13.3. The number of rotatable bonds is 2. The van der Waals surface area contributed by atoms with Crippen LogP contribution < -0.4 is 4.90 Å². The molecule has 0 atom stereocenters. The summed E-state index contributed by atoms with van der Waals surface area (Å²) in [4.78, 5) is 11.3. The number of aryl methyl sites for hydroxylation is 1. The van der Waals surface area contributed by atoms with Crippen LogP contribution in [0.3, 0.4) is 0 Å². The third-order valence-corrected chi connectivity index (χ3v) is 4.09. The van der Waals surface area contributed by atoms with E-state index in [9.17, 15) is 0 Å². The van der Waals surface area contributed by atoms with E-state index in [0.29, 0.717) is 5.15 Å². The highest BCUT2D eigenvalue weighted by Crippen LogP contribution is 2.25. The summed E-state index contributed by atoms with van der Waals surface area (Å²) < 4.78 is 0. The lowest BCUT2D eigenvalue weighted by Gasteiger charge is -2.23. The van der Waals surface area contributed by atoms with E-state index in [4.69, 9.17) is 16.6 Å². The number of anilines is 1. The maximum atomic E-state index is 6.18. The van der Waals surface area contributed by atoms with E-state index in [1.54, 1.807) is 0 Å². The van der Waals surface area contributed by atoms with Gasteiger partial charge >= 0.3 is 0 Å². The lowest BCUT2D eigenvalue weighted by Crippen LogP contribution is -2.24. The minimum Gasteiger partial charge on any atom is -0.352 e. The van der Waals surface area contributed by atoms with Crippen LogP contribution in [0.25, 0.3) is 0 Å². The number of nitrogens with zero attached hydrogens (tertiary/aromatic N) is 3. The molecule has 0 aliphatic carbocycles. The summed E-state index contributed by atoms with van der Waals surface area (Å²) >= 11 is 6.18. The molecule has 0 spiro atoms. The van der Waals surface area contributed by atoms with Crippen LogP contribution in [0.1, 0.15) is 43.1 Å². The molecule has 1 aromatic carbocycles. The van der Waals surface area contributed by atoms with Crippen LogP contribution in [0, 0.1) is 0 Å². The van der Waals surface area contributed by atoms with Gasteiger partial charge in [-0.2, -0.15) is 0 Å². The van der Waals surface area contributed by atoms with Gasteiger partial charge in [0.25, 0.3) is 0 Å². The average molecular weight is 302 g/mol. The maximum absolute atomic E-state index is 6.18. The SMILES string of the molecule is CC(C)c1nc(Cl)cc(N2CCCc3ccccc3C2)n1. The van der Waals surface area contributed by atoms with Gasteiger partial charge in [-0.15, -0.1) is 0 Å². The van der Waals surface area contributed by atoms with Crippen molar-refractivity contribution in [2.24, 2.45) is 0 Å². The summed E-state index contributed by atoms with van der Waals surface area (Å²) in [7, 11) is 0. The Balaban J connectivity index is 1.94. The van der Waals surface area contributed by atoms with E-state index in [0.717, 1.165) is 37.6 Å². The molecule has 3 nitrogen and oxygen atoms in total. The Labute approximate surface area is 131 Å². The highest BCUT2D eigenvalue weighted by Gasteiger charge is 2.17. The first-order chi connectivity index (χ1) is 10.1. The Kier molecular flexibility index (Phi) is 4.11. The Morgan fingerprint density at radius 3 is 2.67 bits per heavy atom. The van der Waals surface area contributed by atoms with E-state index in [1.165, 1.54) is 11.1 Å². The van der Waals surface area contributed by atoms with E-state index in [-0.39, 0.29) is 5.92 Å².